The summed E-state index contributed by atoms with van der Waals surface area (Å²) in [6.45, 7) is 3.11. The van der Waals surface area contributed by atoms with Crippen LogP contribution >= 0.6 is 0 Å². The van der Waals surface area contributed by atoms with Gasteiger partial charge < -0.3 is 15.1 Å². The molecule has 1 atom stereocenters. The number of rotatable bonds is 4. The van der Waals surface area contributed by atoms with Gasteiger partial charge in [0.05, 0.1) is 6.54 Å². The summed E-state index contributed by atoms with van der Waals surface area (Å²) < 4.78 is 0. The molecule has 1 fully saturated rings. The second kappa shape index (κ2) is 6.80. The van der Waals surface area contributed by atoms with Crippen molar-refractivity contribution in [3.8, 4) is 12.3 Å². The maximum absolute atomic E-state index is 12.5. The molecule has 1 aromatic rings. The lowest BCUT2D eigenvalue weighted by atomic mass is 10.2. The molecular formula is C16H19N3O2. The zero-order chi connectivity index (χ0) is 15.2. The van der Waals surface area contributed by atoms with Crippen molar-refractivity contribution >= 4 is 17.6 Å². The van der Waals surface area contributed by atoms with Gasteiger partial charge in [-0.25, -0.2) is 4.79 Å². The first kappa shape index (κ1) is 14.9. The molecule has 0 radical (unpaired) electrons. The average molecular weight is 285 g/mol. The monoisotopic (exact) mass is 285 g/mol. The highest BCUT2D eigenvalue weighted by Crippen LogP contribution is 2.24. The Morgan fingerprint density at radius 3 is 2.81 bits per heavy atom. The number of hydrogen-bond acceptors (Lipinski definition) is 2. The molecule has 1 heterocycles. The standard InChI is InChI=1S/C16H19N3O2/c1-3-11-17-16(21)18(4-2)14-10-12-19(15(14)20)13-8-6-5-7-9-13/h1,5-9,14H,4,10-12H2,2H3,(H,17,21)/t14-/m0/s1. The van der Waals surface area contributed by atoms with E-state index in [1.165, 1.54) is 0 Å². The first-order valence-electron chi connectivity index (χ1n) is 7.03. The van der Waals surface area contributed by atoms with Crippen LogP contribution < -0.4 is 10.2 Å². The molecule has 110 valence electrons. The maximum Gasteiger partial charge on any atom is 0.318 e. The quantitative estimate of drug-likeness (QED) is 0.851. The van der Waals surface area contributed by atoms with Crippen LogP contribution in [0.25, 0.3) is 0 Å². The number of carbonyl (C=O) groups is 2. The Balaban J connectivity index is 2.09. The molecule has 1 saturated heterocycles. The molecule has 0 spiro atoms. The summed E-state index contributed by atoms with van der Waals surface area (Å²) in [7, 11) is 0. The fraction of sp³-hybridized carbons (Fsp3) is 0.375. The van der Waals surface area contributed by atoms with Crippen LogP contribution in [0.5, 0.6) is 0 Å². The van der Waals surface area contributed by atoms with E-state index in [1.54, 1.807) is 9.80 Å². The van der Waals surface area contributed by atoms with Crippen molar-refractivity contribution < 1.29 is 9.59 Å². The number of nitrogens with zero attached hydrogens (tertiary/aromatic N) is 2. The molecule has 1 N–H and O–H groups in total. The predicted molar refractivity (Wildman–Crippen MR) is 81.8 cm³/mol. The van der Waals surface area contributed by atoms with E-state index >= 15 is 0 Å². The number of benzene rings is 1. The molecule has 0 saturated carbocycles. The van der Waals surface area contributed by atoms with Crippen LogP contribution in [0.15, 0.2) is 30.3 Å². The van der Waals surface area contributed by atoms with Crippen molar-refractivity contribution in [2.75, 3.05) is 24.5 Å². The lowest BCUT2D eigenvalue weighted by Gasteiger charge is -2.26. The van der Waals surface area contributed by atoms with E-state index in [2.05, 4.69) is 11.2 Å². The molecule has 3 amide bonds. The van der Waals surface area contributed by atoms with Crippen LogP contribution in [0.4, 0.5) is 10.5 Å². The minimum absolute atomic E-state index is 0.0427. The fourth-order valence-electron chi connectivity index (χ4n) is 2.55. The topological polar surface area (TPSA) is 52.7 Å². The van der Waals surface area contributed by atoms with E-state index in [-0.39, 0.29) is 18.5 Å². The molecule has 2 rings (SSSR count). The van der Waals surface area contributed by atoms with Gasteiger partial charge in [-0.15, -0.1) is 6.42 Å². The smallest absolute Gasteiger partial charge is 0.318 e. The number of hydrogen-bond donors (Lipinski definition) is 1. The lowest BCUT2D eigenvalue weighted by molar-refractivity contribution is -0.120. The number of para-hydroxylation sites is 1. The summed E-state index contributed by atoms with van der Waals surface area (Å²) in [5.74, 6) is 2.32. The maximum atomic E-state index is 12.5. The van der Waals surface area contributed by atoms with Gasteiger partial charge in [0, 0.05) is 18.8 Å². The summed E-state index contributed by atoms with van der Waals surface area (Å²) in [6.07, 6.45) is 5.77. The van der Waals surface area contributed by atoms with Crippen molar-refractivity contribution in [3.63, 3.8) is 0 Å². The van der Waals surface area contributed by atoms with Crippen LogP contribution in [0, 0.1) is 12.3 Å². The van der Waals surface area contributed by atoms with Gasteiger partial charge in [0.1, 0.15) is 6.04 Å². The van der Waals surface area contributed by atoms with Crippen molar-refractivity contribution in [3.05, 3.63) is 30.3 Å². The van der Waals surface area contributed by atoms with Crippen molar-refractivity contribution in [1.82, 2.24) is 10.2 Å². The van der Waals surface area contributed by atoms with Crippen LogP contribution in [0.1, 0.15) is 13.3 Å². The third-order valence-corrected chi connectivity index (χ3v) is 3.56. The highest BCUT2D eigenvalue weighted by Gasteiger charge is 2.38. The first-order valence-corrected chi connectivity index (χ1v) is 7.03. The normalized spacial score (nSPS) is 17.4. The largest absolute Gasteiger partial charge is 0.327 e. The van der Waals surface area contributed by atoms with Gasteiger partial charge in [0.15, 0.2) is 0 Å². The summed E-state index contributed by atoms with van der Waals surface area (Å²) in [4.78, 5) is 27.9. The Bertz CT molecular complexity index is 550. The highest BCUT2D eigenvalue weighted by molar-refractivity contribution is 6.01. The summed E-state index contributed by atoms with van der Waals surface area (Å²) in [6, 6.07) is 8.79. The number of urea groups is 1. The average Bonchev–Trinajstić information content (AvgIpc) is 2.89. The molecule has 1 aliphatic rings. The summed E-state index contributed by atoms with van der Waals surface area (Å²) in [5, 5.41) is 2.62. The molecule has 0 bridgehead atoms. The number of amides is 3. The van der Waals surface area contributed by atoms with Gasteiger partial charge in [-0.05, 0) is 25.5 Å². The molecule has 0 aliphatic carbocycles. The second-order valence-corrected chi connectivity index (χ2v) is 4.78. The van der Waals surface area contributed by atoms with E-state index in [1.807, 2.05) is 37.3 Å². The zero-order valence-electron chi connectivity index (χ0n) is 12.1. The molecule has 1 aromatic carbocycles. The van der Waals surface area contributed by atoms with Gasteiger partial charge in [-0.3, -0.25) is 4.79 Å². The Morgan fingerprint density at radius 1 is 1.48 bits per heavy atom. The van der Waals surface area contributed by atoms with Crippen LogP contribution in [-0.4, -0.2) is 42.5 Å². The molecular weight excluding hydrogens is 266 g/mol. The van der Waals surface area contributed by atoms with Gasteiger partial charge in [-0.2, -0.15) is 0 Å². The van der Waals surface area contributed by atoms with Crippen LogP contribution in [-0.2, 0) is 4.79 Å². The molecule has 0 aromatic heterocycles. The van der Waals surface area contributed by atoms with E-state index < -0.39 is 6.04 Å². The SMILES string of the molecule is C#CCNC(=O)N(CC)[C@H]1CCN(c2ccccc2)C1=O. The fourth-order valence-corrected chi connectivity index (χ4v) is 2.55. The molecule has 0 unspecified atom stereocenters. The number of carbonyl (C=O) groups excluding carboxylic acids is 2. The summed E-state index contributed by atoms with van der Waals surface area (Å²) >= 11 is 0. The third-order valence-electron chi connectivity index (χ3n) is 3.56. The summed E-state index contributed by atoms with van der Waals surface area (Å²) in [5.41, 5.74) is 0.866. The van der Waals surface area contributed by atoms with E-state index in [0.29, 0.717) is 19.5 Å². The second-order valence-electron chi connectivity index (χ2n) is 4.78. The Morgan fingerprint density at radius 2 is 2.19 bits per heavy atom. The molecule has 5 heteroatoms. The number of anilines is 1. The highest BCUT2D eigenvalue weighted by atomic mass is 16.2. The zero-order valence-corrected chi connectivity index (χ0v) is 12.1. The van der Waals surface area contributed by atoms with Crippen molar-refractivity contribution in [2.45, 2.75) is 19.4 Å². The van der Waals surface area contributed by atoms with Gasteiger partial charge in [0.25, 0.3) is 0 Å². The number of nitrogens with one attached hydrogen (secondary N) is 1. The van der Waals surface area contributed by atoms with Gasteiger partial charge >= 0.3 is 6.03 Å². The molecule has 1 aliphatic heterocycles. The molecule has 5 nitrogen and oxygen atoms in total. The van der Waals surface area contributed by atoms with Gasteiger partial charge in [0.2, 0.25) is 5.91 Å². The number of terminal acetylenes is 1. The van der Waals surface area contributed by atoms with E-state index in [0.717, 1.165) is 5.69 Å². The van der Waals surface area contributed by atoms with Crippen LogP contribution in [0.2, 0.25) is 0 Å². The first-order chi connectivity index (χ1) is 10.2. The van der Waals surface area contributed by atoms with Crippen molar-refractivity contribution in [1.29, 1.82) is 0 Å². The Kier molecular flexibility index (Phi) is 4.83. The third kappa shape index (κ3) is 3.16. The lowest BCUT2D eigenvalue weighted by Crippen LogP contribution is -2.49. The Labute approximate surface area is 124 Å². The van der Waals surface area contributed by atoms with Crippen molar-refractivity contribution in [2.24, 2.45) is 0 Å². The van der Waals surface area contributed by atoms with Crippen LogP contribution in [0.3, 0.4) is 0 Å². The van der Waals surface area contributed by atoms with E-state index in [9.17, 15) is 9.59 Å². The predicted octanol–water partition coefficient (Wildman–Crippen LogP) is 1.46. The number of likely N-dealkylation sites (N-methyl/N-ethyl adjacent to an activating group) is 1. The Hall–Kier alpha value is -2.48. The minimum atomic E-state index is -0.423. The van der Waals surface area contributed by atoms with E-state index in [4.69, 9.17) is 6.42 Å². The molecule has 21 heavy (non-hydrogen) atoms. The minimum Gasteiger partial charge on any atom is -0.327 e. The van der Waals surface area contributed by atoms with Gasteiger partial charge in [-0.1, -0.05) is 24.1 Å².